The molecule has 1 nitrogen and oxygen atoms in total. The minimum absolute atomic E-state index is 0.104. The van der Waals surface area contributed by atoms with E-state index in [4.69, 9.17) is 0 Å². The molecule has 0 aromatic heterocycles. The van der Waals surface area contributed by atoms with Crippen molar-refractivity contribution in [2.45, 2.75) is 65.3 Å². The second kappa shape index (κ2) is 3.95. The molecule has 0 N–H and O–H groups in total. The summed E-state index contributed by atoms with van der Waals surface area (Å²) >= 11 is 0. The van der Waals surface area contributed by atoms with Gasteiger partial charge in [-0.15, -0.1) is 0 Å². The van der Waals surface area contributed by atoms with Crippen LogP contribution in [0.1, 0.15) is 41.0 Å². The highest BCUT2D eigenvalue weighted by atomic mass is 19.1. The Kier molecular flexibility index (Phi) is 3.33. The Morgan fingerprint density at radius 2 is 1.77 bits per heavy atom. The van der Waals surface area contributed by atoms with Crippen molar-refractivity contribution in [2.75, 3.05) is 0 Å². The number of halogens is 1. The Hall–Kier alpha value is -0.110. The minimum Gasteiger partial charge on any atom is -0.292 e. The molecule has 13 heavy (non-hydrogen) atoms. The fourth-order valence-corrected chi connectivity index (χ4v) is 2.51. The molecule has 2 heteroatoms. The topological polar surface area (TPSA) is 3.24 Å². The summed E-state index contributed by atoms with van der Waals surface area (Å²) in [7, 11) is 0. The summed E-state index contributed by atoms with van der Waals surface area (Å²) in [4.78, 5) is 2.33. The SMILES string of the molecule is CC(C)[C@@H]1C[C@@H](F)[C@H](C)N1C(C)C. The number of likely N-dealkylation sites (tertiary alicyclic amines) is 1. The highest BCUT2D eigenvalue weighted by Crippen LogP contribution is 2.32. The fourth-order valence-electron chi connectivity index (χ4n) is 2.51. The Labute approximate surface area is 81.3 Å². The van der Waals surface area contributed by atoms with Gasteiger partial charge in [0.15, 0.2) is 0 Å². The third-order valence-electron chi connectivity index (χ3n) is 3.21. The van der Waals surface area contributed by atoms with Crippen LogP contribution in [0.4, 0.5) is 4.39 Å². The predicted octanol–water partition coefficient (Wildman–Crippen LogP) is 2.85. The van der Waals surface area contributed by atoms with Gasteiger partial charge in [0.1, 0.15) is 6.17 Å². The van der Waals surface area contributed by atoms with Gasteiger partial charge >= 0.3 is 0 Å². The Morgan fingerprint density at radius 3 is 2.08 bits per heavy atom. The number of alkyl halides is 1. The van der Waals surface area contributed by atoms with E-state index < -0.39 is 6.17 Å². The average Bonchev–Trinajstić information content (AvgIpc) is 2.28. The maximum atomic E-state index is 13.5. The zero-order chi connectivity index (χ0) is 10.2. The molecule has 0 unspecified atom stereocenters. The number of hydrogen-bond donors (Lipinski definition) is 0. The second-order valence-electron chi connectivity index (χ2n) is 4.84. The highest BCUT2D eigenvalue weighted by molar-refractivity contribution is 4.94. The summed E-state index contributed by atoms with van der Waals surface area (Å²) in [6, 6.07) is 1.00. The largest absolute Gasteiger partial charge is 0.292 e. The maximum Gasteiger partial charge on any atom is 0.117 e. The monoisotopic (exact) mass is 187 g/mol. The molecule has 0 saturated carbocycles. The fraction of sp³-hybridized carbons (Fsp3) is 1.00. The first-order valence-corrected chi connectivity index (χ1v) is 5.36. The van der Waals surface area contributed by atoms with Crippen molar-refractivity contribution in [1.82, 2.24) is 4.90 Å². The molecule has 1 saturated heterocycles. The van der Waals surface area contributed by atoms with E-state index in [-0.39, 0.29) is 6.04 Å². The normalized spacial score (nSPS) is 36.5. The van der Waals surface area contributed by atoms with Crippen molar-refractivity contribution in [3.63, 3.8) is 0 Å². The Morgan fingerprint density at radius 1 is 1.23 bits per heavy atom. The molecule has 0 radical (unpaired) electrons. The summed E-state index contributed by atoms with van der Waals surface area (Å²) in [6.45, 7) is 10.7. The van der Waals surface area contributed by atoms with Crippen molar-refractivity contribution >= 4 is 0 Å². The van der Waals surface area contributed by atoms with Gasteiger partial charge in [0.25, 0.3) is 0 Å². The summed E-state index contributed by atoms with van der Waals surface area (Å²) in [5, 5.41) is 0. The second-order valence-corrected chi connectivity index (χ2v) is 4.84. The standard InChI is InChI=1S/C11H22FN/c1-7(2)11-6-10(12)9(5)13(11)8(3)4/h7-11H,6H2,1-5H3/t9-,10+,11-/m0/s1. The average molecular weight is 187 g/mol. The zero-order valence-electron chi connectivity index (χ0n) is 9.42. The third kappa shape index (κ3) is 2.04. The number of hydrogen-bond acceptors (Lipinski definition) is 1. The lowest BCUT2D eigenvalue weighted by Gasteiger charge is -2.34. The van der Waals surface area contributed by atoms with Crippen LogP contribution in [0.5, 0.6) is 0 Å². The van der Waals surface area contributed by atoms with Crippen LogP contribution in [0.25, 0.3) is 0 Å². The van der Waals surface area contributed by atoms with E-state index in [1.165, 1.54) is 0 Å². The van der Waals surface area contributed by atoms with E-state index in [0.29, 0.717) is 18.0 Å². The van der Waals surface area contributed by atoms with Gasteiger partial charge < -0.3 is 0 Å². The van der Waals surface area contributed by atoms with E-state index >= 15 is 0 Å². The van der Waals surface area contributed by atoms with Crippen LogP contribution >= 0.6 is 0 Å². The smallest absolute Gasteiger partial charge is 0.117 e. The van der Waals surface area contributed by atoms with Gasteiger partial charge in [-0.2, -0.15) is 0 Å². The Balaban J connectivity index is 2.74. The molecule has 1 heterocycles. The van der Waals surface area contributed by atoms with Gasteiger partial charge in [0.2, 0.25) is 0 Å². The van der Waals surface area contributed by atoms with Crippen molar-refractivity contribution in [2.24, 2.45) is 5.92 Å². The van der Waals surface area contributed by atoms with Crippen molar-refractivity contribution in [3.8, 4) is 0 Å². The van der Waals surface area contributed by atoms with Gasteiger partial charge in [-0.25, -0.2) is 4.39 Å². The van der Waals surface area contributed by atoms with Gasteiger partial charge in [-0.1, -0.05) is 13.8 Å². The van der Waals surface area contributed by atoms with E-state index in [1.807, 2.05) is 6.92 Å². The van der Waals surface area contributed by atoms with Crippen LogP contribution in [0, 0.1) is 5.92 Å². The van der Waals surface area contributed by atoms with Crippen LogP contribution in [0.2, 0.25) is 0 Å². The molecule has 78 valence electrons. The van der Waals surface area contributed by atoms with Gasteiger partial charge in [0.05, 0.1) is 0 Å². The molecule has 1 rings (SSSR count). The first kappa shape index (κ1) is 11.0. The van der Waals surface area contributed by atoms with E-state index in [1.54, 1.807) is 0 Å². The molecule has 3 atom stereocenters. The van der Waals surface area contributed by atoms with Gasteiger partial charge in [-0.3, -0.25) is 4.90 Å². The molecular formula is C11H22FN. The number of rotatable bonds is 2. The first-order chi connectivity index (χ1) is 5.95. The lowest BCUT2D eigenvalue weighted by atomic mass is 10.0. The molecule has 1 aliphatic rings. The molecule has 1 aliphatic heterocycles. The first-order valence-electron chi connectivity index (χ1n) is 5.36. The molecule has 1 fully saturated rings. The molecular weight excluding hydrogens is 165 g/mol. The molecule has 0 bridgehead atoms. The van der Waals surface area contributed by atoms with Crippen LogP contribution in [-0.4, -0.2) is 29.2 Å². The third-order valence-corrected chi connectivity index (χ3v) is 3.21. The number of nitrogens with zero attached hydrogens (tertiary/aromatic N) is 1. The predicted molar refractivity (Wildman–Crippen MR) is 54.6 cm³/mol. The molecule has 0 aromatic rings. The zero-order valence-corrected chi connectivity index (χ0v) is 9.42. The highest BCUT2D eigenvalue weighted by Gasteiger charge is 2.40. The van der Waals surface area contributed by atoms with E-state index in [2.05, 4.69) is 32.6 Å². The maximum absolute atomic E-state index is 13.5. The van der Waals surface area contributed by atoms with Gasteiger partial charge in [0, 0.05) is 18.1 Å². The molecule has 0 spiro atoms. The van der Waals surface area contributed by atoms with Crippen molar-refractivity contribution in [1.29, 1.82) is 0 Å². The summed E-state index contributed by atoms with van der Waals surface area (Å²) in [5.74, 6) is 0.561. The summed E-state index contributed by atoms with van der Waals surface area (Å²) in [6.07, 6.45) is 0.0894. The molecule has 0 aliphatic carbocycles. The van der Waals surface area contributed by atoms with Crippen molar-refractivity contribution in [3.05, 3.63) is 0 Å². The van der Waals surface area contributed by atoms with Crippen molar-refractivity contribution < 1.29 is 4.39 Å². The lowest BCUT2D eigenvalue weighted by molar-refractivity contribution is 0.115. The van der Waals surface area contributed by atoms with Crippen LogP contribution in [-0.2, 0) is 0 Å². The van der Waals surface area contributed by atoms with Gasteiger partial charge in [-0.05, 0) is 33.1 Å². The summed E-state index contributed by atoms with van der Waals surface area (Å²) in [5.41, 5.74) is 0. The van der Waals surface area contributed by atoms with Crippen LogP contribution in [0.3, 0.4) is 0 Å². The van der Waals surface area contributed by atoms with E-state index in [0.717, 1.165) is 6.42 Å². The Bertz CT molecular complexity index is 167. The molecule has 0 aromatic carbocycles. The minimum atomic E-state index is -0.630. The van der Waals surface area contributed by atoms with Crippen LogP contribution < -0.4 is 0 Å². The quantitative estimate of drug-likeness (QED) is 0.642. The lowest BCUT2D eigenvalue weighted by Crippen LogP contribution is -2.43. The summed E-state index contributed by atoms with van der Waals surface area (Å²) < 4.78 is 13.5. The molecule has 0 amide bonds. The van der Waals surface area contributed by atoms with E-state index in [9.17, 15) is 4.39 Å². The van der Waals surface area contributed by atoms with Crippen LogP contribution in [0.15, 0.2) is 0 Å².